The predicted octanol–water partition coefficient (Wildman–Crippen LogP) is 3.79. The molecular formula is C23H32N6O2. The summed E-state index contributed by atoms with van der Waals surface area (Å²) in [6.07, 6.45) is 1.58. The molecule has 0 atom stereocenters. The minimum atomic E-state index is -0.0804. The second kappa shape index (κ2) is 9.88. The Morgan fingerprint density at radius 3 is 2.55 bits per heavy atom. The summed E-state index contributed by atoms with van der Waals surface area (Å²) in [5, 5.41) is 22.7. The molecule has 1 aromatic heterocycles. The maximum absolute atomic E-state index is 12.1. The molecule has 8 heteroatoms. The lowest BCUT2D eigenvalue weighted by molar-refractivity contribution is 0.0953. The Morgan fingerprint density at radius 1 is 1.16 bits per heavy atom. The van der Waals surface area contributed by atoms with Gasteiger partial charge in [-0.15, -0.1) is 0 Å². The normalized spacial score (nSPS) is 10.7. The van der Waals surface area contributed by atoms with E-state index in [2.05, 4.69) is 15.6 Å². The van der Waals surface area contributed by atoms with Crippen LogP contribution in [0.5, 0.6) is 5.75 Å². The smallest absolute Gasteiger partial charge is 0.251 e. The van der Waals surface area contributed by atoms with Crippen LogP contribution >= 0.6 is 0 Å². The van der Waals surface area contributed by atoms with Crippen LogP contribution in [0.1, 0.15) is 38.5 Å². The van der Waals surface area contributed by atoms with Gasteiger partial charge in [-0.3, -0.25) is 20.2 Å². The highest BCUT2D eigenvalue weighted by Gasteiger charge is 2.15. The number of fused-ring (bicyclic) bond motifs is 1. The molecule has 0 aliphatic heterocycles. The van der Waals surface area contributed by atoms with Crippen molar-refractivity contribution in [2.75, 3.05) is 25.5 Å². The molecule has 0 unspecified atom stereocenters. The van der Waals surface area contributed by atoms with E-state index in [-0.39, 0.29) is 20.1 Å². The average molecular weight is 425 g/mol. The largest absolute Gasteiger partial charge is 0.494 e. The molecule has 3 rings (SSSR count). The fourth-order valence-electron chi connectivity index (χ4n) is 3.42. The zero-order chi connectivity index (χ0) is 22.4. The topological polar surface area (TPSA) is 116 Å². The van der Waals surface area contributed by atoms with Crippen LogP contribution in [0.3, 0.4) is 0 Å². The van der Waals surface area contributed by atoms with Gasteiger partial charge in [-0.1, -0.05) is 24.3 Å². The van der Waals surface area contributed by atoms with E-state index in [4.69, 9.17) is 15.6 Å². The van der Waals surface area contributed by atoms with Gasteiger partial charge in [0.05, 0.1) is 12.6 Å². The SMILES string of the molecule is COc1c(C)ccc2c1nc(NCCCCNC(=O)c1ccccc1)c(=N)n2C(C)=N.[HH].[HH]. The Bertz CT molecular complexity index is 1170. The lowest BCUT2D eigenvalue weighted by atomic mass is 10.1. The van der Waals surface area contributed by atoms with Gasteiger partial charge in [0, 0.05) is 21.5 Å². The molecule has 0 saturated heterocycles. The van der Waals surface area contributed by atoms with Crippen molar-refractivity contribution >= 4 is 28.6 Å². The maximum atomic E-state index is 12.1. The minimum Gasteiger partial charge on any atom is -0.494 e. The monoisotopic (exact) mass is 424 g/mol. The van der Waals surface area contributed by atoms with Crippen molar-refractivity contribution in [2.45, 2.75) is 26.7 Å². The molecule has 0 radical (unpaired) electrons. The van der Waals surface area contributed by atoms with Gasteiger partial charge in [0.1, 0.15) is 17.1 Å². The molecule has 1 heterocycles. The van der Waals surface area contributed by atoms with Gasteiger partial charge in [0.15, 0.2) is 11.3 Å². The van der Waals surface area contributed by atoms with Gasteiger partial charge >= 0.3 is 0 Å². The number of rotatable bonds is 8. The molecule has 8 nitrogen and oxygen atoms in total. The number of nitrogens with zero attached hydrogens (tertiary/aromatic N) is 2. The van der Waals surface area contributed by atoms with Crippen molar-refractivity contribution in [1.82, 2.24) is 14.9 Å². The number of carbonyl (C=O) groups is 1. The van der Waals surface area contributed by atoms with Gasteiger partial charge in [-0.2, -0.15) is 0 Å². The molecule has 3 aromatic rings. The van der Waals surface area contributed by atoms with Gasteiger partial charge in [-0.05, 0) is 50.5 Å². The van der Waals surface area contributed by atoms with E-state index in [1.165, 1.54) is 0 Å². The fraction of sp³-hybridized carbons (Fsp3) is 0.304. The van der Waals surface area contributed by atoms with Crippen molar-refractivity contribution in [3.05, 3.63) is 59.1 Å². The van der Waals surface area contributed by atoms with Crippen LogP contribution in [0.4, 0.5) is 5.82 Å². The van der Waals surface area contributed by atoms with Crippen molar-refractivity contribution in [1.29, 1.82) is 10.8 Å². The van der Waals surface area contributed by atoms with Gasteiger partial charge in [-0.25, -0.2) is 4.98 Å². The first-order valence-corrected chi connectivity index (χ1v) is 10.2. The molecule has 0 aliphatic rings. The summed E-state index contributed by atoms with van der Waals surface area (Å²) >= 11 is 0. The zero-order valence-electron chi connectivity index (χ0n) is 18.1. The first kappa shape index (κ1) is 22.0. The zero-order valence-corrected chi connectivity index (χ0v) is 18.1. The second-order valence-corrected chi connectivity index (χ2v) is 7.27. The number of anilines is 1. The number of ether oxygens (including phenoxy) is 1. The van der Waals surface area contributed by atoms with Crippen molar-refractivity contribution in [2.24, 2.45) is 0 Å². The number of carbonyl (C=O) groups excluding carboxylic acids is 1. The van der Waals surface area contributed by atoms with E-state index >= 15 is 0 Å². The molecule has 0 aliphatic carbocycles. The van der Waals surface area contributed by atoms with Crippen molar-refractivity contribution < 1.29 is 12.4 Å². The average Bonchev–Trinajstić information content (AvgIpc) is 2.76. The standard InChI is InChI=1S/C23H28N6O2.2H2/c1-15-11-12-18-19(20(15)31-3)28-22(21(25)29(18)16(2)24)26-13-7-8-14-27-23(30)17-9-5-4-6-10-17;;/h4-6,9-12,24-25H,7-8,13-14H2,1-3H3,(H,26,28)(H,27,30);2*1H. The number of methoxy groups -OCH3 is 1. The summed E-state index contributed by atoms with van der Waals surface area (Å²) in [6.45, 7) is 4.74. The van der Waals surface area contributed by atoms with Gasteiger partial charge in [0.2, 0.25) is 0 Å². The van der Waals surface area contributed by atoms with E-state index in [9.17, 15) is 4.79 Å². The molecule has 0 bridgehead atoms. The maximum Gasteiger partial charge on any atom is 0.251 e. The summed E-state index contributed by atoms with van der Waals surface area (Å²) in [5.74, 6) is 1.19. The third-order valence-electron chi connectivity index (χ3n) is 4.98. The molecule has 2 aromatic carbocycles. The Morgan fingerprint density at radius 2 is 1.87 bits per heavy atom. The summed E-state index contributed by atoms with van der Waals surface area (Å²) in [5.41, 5.74) is 2.99. The van der Waals surface area contributed by atoms with E-state index in [1.54, 1.807) is 30.7 Å². The van der Waals surface area contributed by atoms with Crippen LogP contribution in [0.2, 0.25) is 0 Å². The predicted molar refractivity (Wildman–Crippen MR) is 126 cm³/mol. The van der Waals surface area contributed by atoms with E-state index < -0.39 is 0 Å². The molecule has 0 fully saturated rings. The van der Waals surface area contributed by atoms with E-state index in [1.807, 2.05) is 37.3 Å². The third kappa shape index (κ3) is 4.91. The number of hydrogen-bond acceptors (Lipinski definition) is 6. The minimum absolute atomic E-state index is 0. The molecule has 0 saturated carbocycles. The number of nitrogens with one attached hydrogen (secondary N) is 4. The summed E-state index contributed by atoms with van der Waals surface area (Å²) in [6, 6.07) is 12.9. The van der Waals surface area contributed by atoms with Crippen LogP contribution in [0.25, 0.3) is 11.0 Å². The summed E-state index contributed by atoms with van der Waals surface area (Å²) < 4.78 is 7.08. The Balaban J connectivity index is 0.00000272. The van der Waals surface area contributed by atoms with Gasteiger partial charge < -0.3 is 15.4 Å². The highest BCUT2D eigenvalue weighted by atomic mass is 16.5. The number of benzene rings is 2. The van der Waals surface area contributed by atoms with Crippen LogP contribution in [-0.2, 0) is 0 Å². The highest BCUT2D eigenvalue weighted by molar-refractivity contribution is 5.94. The van der Waals surface area contributed by atoms with Crippen LogP contribution < -0.4 is 20.9 Å². The fourth-order valence-corrected chi connectivity index (χ4v) is 3.42. The van der Waals surface area contributed by atoms with E-state index in [0.717, 1.165) is 18.4 Å². The molecule has 1 amide bonds. The van der Waals surface area contributed by atoms with E-state index in [0.29, 0.717) is 41.3 Å². The van der Waals surface area contributed by atoms with Crippen LogP contribution in [0, 0.1) is 17.7 Å². The number of aryl methyl sites for hydroxylation is 1. The van der Waals surface area contributed by atoms with Crippen molar-refractivity contribution in [3.8, 4) is 5.75 Å². The number of aromatic nitrogens is 2. The Hall–Kier alpha value is -3.68. The summed E-state index contributed by atoms with van der Waals surface area (Å²) in [4.78, 5) is 16.7. The first-order valence-electron chi connectivity index (χ1n) is 10.2. The lowest BCUT2D eigenvalue weighted by Crippen LogP contribution is -2.30. The molecule has 166 valence electrons. The molecule has 0 spiro atoms. The summed E-state index contributed by atoms with van der Waals surface area (Å²) in [7, 11) is 1.59. The Kier molecular flexibility index (Phi) is 7.02. The lowest BCUT2D eigenvalue weighted by Gasteiger charge is -2.16. The third-order valence-corrected chi connectivity index (χ3v) is 4.98. The number of amides is 1. The van der Waals surface area contributed by atoms with Crippen LogP contribution in [-0.4, -0.2) is 41.5 Å². The van der Waals surface area contributed by atoms with Crippen LogP contribution in [0.15, 0.2) is 42.5 Å². The molecule has 4 N–H and O–H groups in total. The van der Waals surface area contributed by atoms with Gasteiger partial charge in [0.25, 0.3) is 5.91 Å². The molecule has 31 heavy (non-hydrogen) atoms. The quantitative estimate of drug-likeness (QED) is 0.250. The second-order valence-electron chi connectivity index (χ2n) is 7.27. The first-order chi connectivity index (χ1) is 14.9. The number of unbranched alkanes of at least 4 members (excludes halogenated alkanes) is 1. The molecular weight excluding hydrogens is 392 g/mol. The number of hydrogen-bond donors (Lipinski definition) is 4. The highest BCUT2D eigenvalue weighted by Crippen LogP contribution is 2.27. The Labute approximate surface area is 184 Å². The van der Waals surface area contributed by atoms with Crippen molar-refractivity contribution in [3.63, 3.8) is 0 Å².